The molecule has 0 unspecified atom stereocenters. The highest BCUT2D eigenvalue weighted by Crippen LogP contribution is 2.35. The topological polar surface area (TPSA) is 58.9 Å². The Balaban J connectivity index is 1.87. The van der Waals surface area contributed by atoms with Gasteiger partial charge in [0.15, 0.2) is 5.78 Å². The number of rotatable bonds is 4. The van der Waals surface area contributed by atoms with Gasteiger partial charge in [0.05, 0.1) is 29.0 Å². The number of nitrogens with zero attached hydrogens (tertiary/aromatic N) is 1. The molecule has 0 saturated heterocycles. The number of aliphatic hydroxyl groups excluding tert-OH is 1. The first-order valence-electron chi connectivity index (χ1n) is 8.03. The Bertz CT molecular complexity index is 1030. The van der Waals surface area contributed by atoms with Crippen molar-refractivity contribution in [2.45, 2.75) is 0 Å². The first-order chi connectivity index (χ1) is 12.7. The monoisotopic (exact) mass is 361 g/mol. The van der Waals surface area contributed by atoms with E-state index < -0.39 is 0 Å². The molecule has 1 N–H and O–H groups in total. The zero-order valence-electron chi connectivity index (χ0n) is 14.0. The number of hydrogen-bond acceptors (Lipinski definition) is 5. The van der Waals surface area contributed by atoms with Crippen LogP contribution in [0.25, 0.3) is 5.76 Å². The summed E-state index contributed by atoms with van der Waals surface area (Å²) in [5.41, 5.74) is 2.44. The van der Waals surface area contributed by atoms with Crippen LogP contribution in [0.15, 0.2) is 76.6 Å². The Morgan fingerprint density at radius 3 is 2.35 bits per heavy atom. The van der Waals surface area contributed by atoms with Crippen LogP contribution in [0.3, 0.4) is 0 Å². The smallest absolute Gasteiger partial charge is 0.199 e. The molecule has 0 radical (unpaired) electrons. The quantitative estimate of drug-likeness (QED) is 0.662. The van der Waals surface area contributed by atoms with Crippen molar-refractivity contribution in [1.82, 2.24) is 0 Å². The zero-order valence-corrected chi connectivity index (χ0v) is 14.8. The number of carbonyl (C=O) groups is 1. The molecule has 0 bridgehead atoms. The Morgan fingerprint density at radius 1 is 1.00 bits per heavy atom. The largest absolute Gasteiger partial charge is 0.506 e. The molecular weight excluding hydrogens is 346 g/mol. The van der Waals surface area contributed by atoms with Crippen LogP contribution in [-0.2, 0) is 0 Å². The number of allylic oxidation sites excluding steroid dienone is 1. The van der Waals surface area contributed by atoms with Crippen LogP contribution in [0.5, 0.6) is 5.75 Å². The lowest BCUT2D eigenvalue weighted by atomic mass is 10.0. The highest BCUT2D eigenvalue weighted by Gasteiger charge is 2.33. The fourth-order valence-electron chi connectivity index (χ4n) is 2.92. The molecule has 0 amide bonds. The molecule has 128 valence electrons. The minimum absolute atomic E-state index is 0.0220. The van der Waals surface area contributed by atoms with Gasteiger partial charge in [-0.25, -0.2) is 4.99 Å². The van der Waals surface area contributed by atoms with Crippen molar-refractivity contribution in [3.05, 3.63) is 87.6 Å². The van der Waals surface area contributed by atoms with Gasteiger partial charge in [0.25, 0.3) is 0 Å². The molecule has 26 heavy (non-hydrogen) atoms. The molecule has 1 aromatic heterocycles. The number of benzene rings is 2. The molecule has 0 spiro atoms. The maximum atomic E-state index is 12.9. The van der Waals surface area contributed by atoms with Gasteiger partial charge >= 0.3 is 0 Å². The second-order valence-corrected chi connectivity index (χ2v) is 6.68. The van der Waals surface area contributed by atoms with E-state index in [1.807, 2.05) is 41.8 Å². The molecule has 0 fully saturated rings. The third-order valence-electron chi connectivity index (χ3n) is 4.20. The number of thiophene rings is 1. The van der Waals surface area contributed by atoms with Crippen molar-refractivity contribution < 1.29 is 14.6 Å². The molecule has 1 aliphatic carbocycles. The average Bonchev–Trinajstić information content (AvgIpc) is 3.29. The third kappa shape index (κ3) is 2.72. The van der Waals surface area contributed by atoms with Gasteiger partial charge in [0, 0.05) is 11.1 Å². The molecule has 1 heterocycles. The second-order valence-electron chi connectivity index (χ2n) is 5.73. The lowest BCUT2D eigenvalue weighted by molar-refractivity contribution is 0.104. The first kappa shape index (κ1) is 16.3. The number of hydrogen-bond donors (Lipinski definition) is 1. The van der Waals surface area contributed by atoms with E-state index >= 15 is 0 Å². The van der Waals surface area contributed by atoms with Gasteiger partial charge in [-0.3, -0.25) is 4.79 Å². The minimum atomic E-state index is -0.209. The molecule has 4 nitrogen and oxygen atoms in total. The summed E-state index contributed by atoms with van der Waals surface area (Å²) in [5.74, 6) is 0.498. The van der Waals surface area contributed by atoms with Crippen LogP contribution in [0.1, 0.15) is 20.8 Å². The number of ketones is 1. The van der Waals surface area contributed by atoms with E-state index in [9.17, 15) is 9.90 Å². The second kappa shape index (κ2) is 6.61. The predicted octanol–water partition coefficient (Wildman–Crippen LogP) is 5.04. The van der Waals surface area contributed by atoms with E-state index in [0.717, 1.165) is 10.6 Å². The summed E-state index contributed by atoms with van der Waals surface area (Å²) in [6, 6.07) is 18.1. The first-order valence-corrected chi connectivity index (χ1v) is 8.91. The van der Waals surface area contributed by atoms with Crippen molar-refractivity contribution in [3.8, 4) is 5.75 Å². The maximum Gasteiger partial charge on any atom is 0.199 e. The van der Waals surface area contributed by atoms with E-state index in [2.05, 4.69) is 4.99 Å². The number of aliphatic imine (C=N–C) groups is 1. The number of ether oxygens (including phenoxy) is 1. The van der Waals surface area contributed by atoms with Crippen molar-refractivity contribution in [2.24, 2.45) is 4.99 Å². The molecule has 4 rings (SSSR count). The maximum absolute atomic E-state index is 12.9. The molecule has 0 saturated carbocycles. The van der Waals surface area contributed by atoms with E-state index in [-0.39, 0.29) is 17.1 Å². The lowest BCUT2D eigenvalue weighted by Crippen LogP contribution is -2.11. The van der Waals surface area contributed by atoms with Crippen molar-refractivity contribution in [1.29, 1.82) is 0 Å². The zero-order chi connectivity index (χ0) is 18.1. The standard InChI is InChI=1S/C21H15NO3S/c1-25-14-10-8-13(9-11-14)22-19(17-7-4-12-26-17)18-20(23)15-5-2-3-6-16(15)21(18)24/h2-12,23H,1H3. The van der Waals surface area contributed by atoms with E-state index in [1.165, 1.54) is 11.3 Å². The summed E-state index contributed by atoms with van der Waals surface area (Å²) >= 11 is 1.47. The van der Waals surface area contributed by atoms with Crippen LogP contribution in [0.4, 0.5) is 5.69 Å². The van der Waals surface area contributed by atoms with Gasteiger partial charge in [-0.15, -0.1) is 11.3 Å². The van der Waals surface area contributed by atoms with Gasteiger partial charge in [0.1, 0.15) is 11.5 Å². The van der Waals surface area contributed by atoms with Crippen molar-refractivity contribution in [2.75, 3.05) is 7.11 Å². The van der Waals surface area contributed by atoms with Crippen LogP contribution < -0.4 is 4.74 Å². The minimum Gasteiger partial charge on any atom is -0.506 e. The fraction of sp³-hybridized carbons (Fsp3) is 0.0476. The summed E-state index contributed by atoms with van der Waals surface area (Å²) in [6.07, 6.45) is 0. The molecule has 5 heteroatoms. The van der Waals surface area contributed by atoms with E-state index in [1.54, 1.807) is 31.4 Å². The number of fused-ring (bicyclic) bond motifs is 1. The van der Waals surface area contributed by atoms with E-state index in [4.69, 9.17) is 4.74 Å². The summed E-state index contributed by atoms with van der Waals surface area (Å²) in [7, 11) is 1.60. The SMILES string of the molecule is COc1ccc(N=C(C2=C(O)c3ccccc3C2=O)c2cccs2)cc1. The van der Waals surface area contributed by atoms with E-state index in [0.29, 0.717) is 22.5 Å². The van der Waals surface area contributed by atoms with Crippen LogP contribution in [0, 0.1) is 0 Å². The van der Waals surface area contributed by atoms with Crippen LogP contribution in [0.2, 0.25) is 0 Å². The van der Waals surface area contributed by atoms with Crippen molar-refractivity contribution >= 4 is 34.3 Å². The predicted molar refractivity (Wildman–Crippen MR) is 104 cm³/mol. The number of Topliss-reactive ketones (excluding diaryl/α,β-unsaturated/α-hetero) is 1. The Labute approximate surface area is 154 Å². The summed E-state index contributed by atoms with van der Waals surface area (Å²) in [5, 5.41) is 12.6. The summed E-state index contributed by atoms with van der Waals surface area (Å²) in [4.78, 5) is 18.4. The molecule has 3 aromatic rings. The molecule has 2 aromatic carbocycles. The normalized spacial score (nSPS) is 13.9. The summed E-state index contributed by atoms with van der Waals surface area (Å²) in [6.45, 7) is 0. The van der Waals surface area contributed by atoms with Gasteiger partial charge < -0.3 is 9.84 Å². The molecule has 1 aliphatic rings. The average molecular weight is 361 g/mol. The Kier molecular flexibility index (Phi) is 4.14. The lowest BCUT2D eigenvalue weighted by Gasteiger charge is -2.07. The number of aliphatic hydroxyl groups is 1. The summed E-state index contributed by atoms with van der Waals surface area (Å²) < 4.78 is 5.17. The molecule has 0 atom stereocenters. The number of carbonyl (C=O) groups excluding carboxylic acids is 1. The van der Waals surface area contributed by atoms with Crippen molar-refractivity contribution in [3.63, 3.8) is 0 Å². The fourth-order valence-corrected chi connectivity index (χ4v) is 3.64. The molecule has 0 aliphatic heterocycles. The third-order valence-corrected chi connectivity index (χ3v) is 5.07. The van der Waals surface area contributed by atoms with Crippen LogP contribution in [-0.4, -0.2) is 23.7 Å². The Hall–Kier alpha value is -3.18. The molecular formula is C21H15NO3S. The van der Waals surface area contributed by atoms with Gasteiger partial charge in [-0.2, -0.15) is 0 Å². The van der Waals surface area contributed by atoms with Gasteiger partial charge in [-0.1, -0.05) is 30.3 Å². The Morgan fingerprint density at radius 2 is 1.73 bits per heavy atom. The highest BCUT2D eigenvalue weighted by atomic mass is 32.1. The van der Waals surface area contributed by atoms with Gasteiger partial charge in [0.2, 0.25) is 0 Å². The van der Waals surface area contributed by atoms with Gasteiger partial charge in [-0.05, 0) is 35.7 Å². The highest BCUT2D eigenvalue weighted by molar-refractivity contribution is 7.12. The number of methoxy groups -OCH3 is 1. The van der Waals surface area contributed by atoms with Crippen LogP contribution >= 0.6 is 11.3 Å².